The summed E-state index contributed by atoms with van der Waals surface area (Å²) in [6, 6.07) is 9.92. The van der Waals surface area contributed by atoms with E-state index in [2.05, 4.69) is 29.4 Å². The lowest BCUT2D eigenvalue weighted by Crippen LogP contribution is -2.41. The summed E-state index contributed by atoms with van der Waals surface area (Å²) < 4.78 is 0. The molecule has 1 aromatic rings. The molecular formula is C19H31N3O. The minimum atomic E-state index is -0.185. The Morgan fingerprint density at radius 3 is 2.65 bits per heavy atom. The average Bonchev–Trinajstić information content (AvgIpc) is 2.61. The number of carbonyl (C=O) groups is 1. The molecule has 1 fully saturated rings. The van der Waals surface area contributed by atoms with Gasteiger partial charge in [0.1, 0.15) is 6.04 Å². The Labute approximate surface area is 140 Å². The van der Waals surface area contributed by atoms with Crippen molar-refractivity contribution in [1.29, 1.82) is 0 Å². The van der Waals surface area contributed by atoms with Crippen molar-refractivity contribution in [1.82, 2.24) is 15.5 Å². The standard InChI is InChI=1S/C19H31N3O/c1-3-22(4-2)18(17-10-6-5-7-11-17)19(23)21-14-12-16-9-8-13-20-15-16/h5-7,10-11,16,18,20H,3-4,8-9,12-15H2,1-2H3,(H,21,23). The molecule has 1 amide bonds. The number of hydrogen-bond acceptors (Lipinski definition) is 3. The molecule has 2 atom stereocenters. The molecule has 0 spiro atoms. The van der Waals surface area contributed by atoms with Crippen LogP contribution in [0, 0.1) is 5.92 Å². The highest BCUT2D eigenvalue weighted by molar-refractivity contribution is 5.83. The van der Waals surface area contributed by atoms with E-state index >= 15 is 0 Å². The summed E-state index contributed by atoms with van der Waals surface area (Å²) >= 11 is 0. The van der Waals surface area contributed by atoms with Crippen LogP contribution in [0.2, 0.25) is 0 Å². The second-order valence-electron chi connectivity index (χ2n) is 6.33. The summed E-state index contributed by atoms with van der Waals surface area (Å²) in [4.78, 5) is 15.0. The van der Waals surface area contributed by atoms with Crippen molar-refractivity contribution in [3.63, 3.8) is 0 Å². The van der Waals surface area contributed by atoms with E-state index in [0.717, 1.165) is 44.7 Å². The predicted octanol–water partition coefficient (Wildman–Crippen LogP) is 2.58. The normalized spacial score (nSPS) is 19.5. The highest BCUT2D eigenvalue weighted by Gasteiger charge is 2.25. The quantitative estimate of drug-likeness (QED) is 0.774. The van der Waals surface area contributed by atoms with Crippen LogP contribution in [0.4, 0.5) is 0 Å². The largest absolute Gasteiger partial charge is 0.354 e. The topological polar surface area (TPSA) is 44.4 Å². The Kier molecular flexibility index (Phi) is 7.56. The third-order valence-electron chi connectivity index (χ3n) is 4.79. The molecule has 1 aliphatic heterocycles. The van der Waals surface area contributed by atoms with Crippen molar-refractivity contribution < 1.29 is 4.79 Å². The van der Waals surface area contributed by atoms with Crippen molar-refractivity contribution >= 4 is 5.91 Å². The first-order chi connectivity index (χ1) is 11.3. The van der Waals surface area contributed by atoms with E-state index in [1.54, 1.807) is 0 Å². The summed E-state index contributed by atoms with van der Waals surface area (Å²) in [5.74, 6) is 0.830. The number of benzene rings is 1. The maximum Gasteiger partial charge on any atom is 0.241 e. The van der Waals surface area contributed by atoms with E-state index in [-0.39, 0.29) is 11.9 Å². The van der Waals surface area contributed by atoms with Crippen LogP contribution in [-0.2, 0) is 4.79 Å². The van der Waals surface area contributed by atoms with Gasteiger partial charge in [-0.2, -0.15) is 0 Å². The third-order valence-corrected chi connectivity index (χ3v) is 4.79. The molecule has 2 unspecified atom stereocenters. The molecule has 4 heteroatoms. The molecule has 0 aliphatic carbocycles. The number of rotatable bonds is 8. The lowest BCUT2D eigenvalue weighted by Gasteiger charge is -2.29. The minimum Gasteiger partial charge on any atom is -0.354 e. The van der Waals surface area contributed by atoms with E-state index in [9.17, 15) is 4.79 Å². The molecule has 1 saturated heterocycles. The molecular weight excluding hydrogens is 286 g/mol. The van der Waals surface area contributed by atoms with Gasteiger partial charge in [-0.05, 0) is 56.9 Å². The van der Waals surface area contributed by atoms with Crippen LogP contribution in [-0.4, -0.2) is 43.5 Å². The third kappa shape index (κ3) is 5.33. The summed E-state index contributed by atoms with van der Waals surface area (Å²) in [5.41, 5.74) is 1.08. The van der Waals surface area contributed by atoms with Crippen molar-refractivity contribution in [2.24, 2.45) is 5.92 Å². The van der Waals surface area contributed by atoms with Gasteiger partial charge < -0.3 is 10.6 Å². The fourth-order valence-corrected chi connectivity index (χ4v) is 3.42. The number of likely N-dealkylation sites (N-methyl/N-ethyl adjacent to an activating group) is 1. The summed E-state index contributed by atoms with van der Waals surface area (Å²) in [6.45, 7) is 8.97. The summed E-state index contributed by atoms with van der Waals surface area (Å²) in [6.07, 6.45) is 3.60. The second-order valence-corrected chi connectivity index (χ2v) is 6.33. The van der Waals surface area contributed by atoms with Crippen molar-refractivity contribution in [2.45, 2.75) is 39.2 Å². The van der Waals surface area contributed by atoms with E-state index < -0.39 is 0 Å². The van der Waals surface area contributed by atoms with Gasteiger partial charge in [-0.3, -0.25) is 9.69 Å². The molecule has 0 saturated carbocycles. The fourth-order valence-electron chi connectivity index (χ4n) is 3.42. The van der Waals surface area contributed by atoms with Gasteiger partial charge >= 0.3 is 0 Å². The molecule has 23 heavy (non-hydrogen) atoms. The summed E-state index contributed by atoms with van der Waals surface area (Å²) in [7, 11) is 0. The first-order valence-corrected chi connectivity index (χ1v) is 9.03. The molecule has 0 radical (unpaired) electrons. The minimum absolute atomic E-state index is 0.128. The predicted molar refractivity (Wildman–Crippen MR) is 95.3 cm³/mol. The smallest absolute Gasteiger partial charge is 0.241 e. The molecule has 1 aliphatic rings. The van der Waals surface area contributed by atoms with Crippen LogP contribution >= 0.6 is 0 Å². The summed E-state index contributed by atoms with van der Waals surface area (Å²) in [5, 5.41) is 6.61. The zero-order valence-electron chi connectivity index (χ0n) is 14.6. The van der Waals surface area contributed by atoms with Crippen molar-refractivity contribution in [2.75, 3.05) is 32.7 Å². The molecule has 0 bridgehead atoms. The van der Waals surface area contributed by atoms with Crippen LogP contribution in [0.15, 0.2) is 30.3 Å². The van der Waals surface area contributed by atoms with Crippen LogP contribution in [0.5, 0.6) is 0 Å². The number of piperidine rings is 1. The second kappa shape index (κ2) is 9.68. The Hall–Kier alpha value is -1.39. The van der Waals surface area contributed by atoms with E-state index in [4.69, 9.17) is 0 Å². The van der Waals surface area contributed by atoms with Crippen molar-refractivity contribution in [3.8, 4) is 0 Å². The van der Waals surface area contributed by atoms with E-state index in [1.807, 2.05) is 30.3 Å². The molecule has 0 aromatic heterocycles. The van der Waals surface area contributed by atoms with E-state index in [0.29, 0.717) is 5.92 Å². The van der Waals surface area contributed by atoms with Gasteiger partial charge in [0.25, 0.3) is 0 Å². The number of amides is 1. The maximum absolute atomic E-state index is 12.8. The molecule has 128 valence electrons. The molecule has 2 rings (SSSR count). The Morgan fingerprint density at radius 2 is 2.04 bits per heavy atom. The highest BCUT2D eigenvalue weighted by Crippen LogP contribution is 2.21. The van der Waals surface area contributed by atoms with Crippen LogP contribution in [0.3, 0.4) is 0 Å². The lowest BCUT2D eigenvalue weighted by molar-refractivity contribution is -0.126. The van der Waals surface area contributed by atoms with Gasteiger partial charge in [0.05, 0.1) is 0 Å². The fraction of sp³-hybridized carbons (Fsp3) is 0.632. The van der Waals surface area contributed by atoms with Gasteiger partial charge in [0.15, 0.2) is 0 Å². The van der Waals surface area contributed by atoms with Crippen LogP contribution in [0.25, 0.3) is 0 Å². The van der Waals surface area contributed by atoms with Gasteiger partial charge in [0, 0.05) is 6.54 Å². The first kappa shape index (κ1) is 18.0. The number of carbonyl (C=O) groups excluding carboxylic acids is 1. The first-order valence-electron chi connectivity index (χ1n) is 9.03. The maximum atomic E-state index is 12.8. The number of nitrogens with one attached hydrogen (secondary N) is 2. The zero-order valence-corrected chi connectivity index (χ0v) is 14.6. The molecule has 1 aromatic carbocycles. The van der Waals surface area contributed by atoms with Gasteiger partial charge in [-0.15, -0.1) is 0 Å². The lowest BCUT2D eigenvalue weighted by atomic mass is 9.96. The number of hydrogen-bond donors (Lipinski definition) is 2. The molecule has 2 N–H and O–H groups in total. The SMILES string of the molecule is CCN(CC)C(C(=O)NCCC1CCCNC1)c1ccccc1. The van der Waals surface area contributed by atoms with Crippen LogP contribution in [0.1, 0.15) is 44.7 Å². The van der Waals surface area contributed by atoms with E-state index in [1.165, 1.54) is 12.8 Å². The average molecular weight is 317 g/mol. The molecule has 4 nitrogen and oxygen atoms in total. The monoisotopic (exact) mass is 317 g/mol. The van der Waals surface area contributed by atoms with Gasteiger partial charge in [0.2, 0.25) is 5.91 Å². The van der Waals surface area contributed by atoms with Gasteiger partial charge in [-0.1, -0.05) is 44.2 Å². The Balaban J connectivity index is 1.93. The number of nitrogens with zero attached hydrogens (tertiary/aromatic N) is 1. The van der Waals surface area contributed by atoms with Crippen molar-refractivity contribution in [3.05, 3.63) is 35.9 Å². The zero-order chi connectivity index (χ0) is 16.5. The Bertz CT molecular complexity index is 453. The Morgan fingerprint density at radius 1 is 1.30 bits per heavy atom. The van der Waals surface area contributed by atoms with Crippen LogP contribution < -0.4 is 10.6 Å². The van der Waals surface area contributed by atoms with Gasteiger partial charge in [-0.25, -0.2) is 0 Å². The molecule has 1 heterocycles. The highest BCUT2D eigenvalue weighted by atomic mass is 16.2.